The summed E-state index contributed by atoms with van der Waals surface area (Å²) in [5, 5.41) is 6.81. The van der Waals surface area contributed by atoms with Crippen LogP contribution in [0, 0.1) is 11.3 Å². The molecule has 0 unspecified atom stereocenters. The number of hydrogen-bond donors (Lipinski definition) is 1. The smallest absolute Gasteiger partial charge is 0.475 e. The summed E-state index contributed by atoms with van der Waals surface area (Å²) in [6.45, 7) is 12.9. The summed E-state index contributed by atoms with van der Waals surface area (Å²) in [5.74, 6) is -1.85. The van der Waals surface area contributed by atoms with Gasteiger partial charge >= 0.3 is 12.1 Å². The van der Waals surface area contributed by atoms with E-state index in [0.29, 0.717) is 32.0 Å². The summed E-state index contributed by atoms with van der Waals surface area (Å²) in [7, 11) is -3.04. The van der Waals surface area contributed by atoms with Gasteiger partial charge in [0, 0.05) is 37.6 Å². The number of fused-ring (bicyclic) bond motifs is 1. The van der Waals surface area contributed by atoms with Gasteiger partial charge in [-0.3, -0.25) is 9.69 Å². The van der Waals surface area contributed by atoms with Crippen molar-refractivity contribution in [3.63, 3.8) is 0 Å². The van der Waals surface area contributed by atoms with Crippen LogP contribution >= 0.6 is 0 Å². The summed E-state index contributed by atoms with van der Waals surface area (Å²) >= 11 is 0. The highest BCUT2D eigenvalue weighted by Crippen LogP contribution is 2.30. The van der Waals surface area contributed by atoms with Crippen LogP contribution in [0.25, 0.3) is 0 Å². The van der Waals surface area contributed by atoms with Crippen molar-refractivity contribution in [3.8, 4) is 0 Å². The van der Waals surface area contributed by atoms with Crippen LogP contribution in [0.3, 0.4) is 0 Å². The lowest BCUT2D eigenvalue weighted by Gasteiger charge is -2.40. The van der Waals surface area contributed by atoms with Crippen molar-refractivity contribution in [1.29, 1.82) is 0 Å². The van der Waals surface area contributed by atoms with E-state index in [9.17, 15) is 26.4 Å². The van der Waals surface area contributed by atoms with Gasteiger partial charge in [0.25, 0.3) is 0 Å². The minimum Gasteiger partial charge on any atom is -0.475 e. The summed E-state index contributed by atoms with van der Waals surface area (Å²) in [5.41, 5.74) is -0.411. The van der Waals surface area contributed by atoms with E-state index < -0.39 is 27.4 Å². The third kappa shape index (κ3) is 7.40. The van der Waals surface area contributed by atoms with Crippen LogP contribution in [-0.4, -0.2) is 84.6 Å². The van der Waals surface area contributed by atoms with Crippen molar-refractivity contribution in [2.75, 3.05) is 31.9 Å². The third-order valence-corrected chi connectivity index (χ3v) is 7.40. The first-order valence-corrected chi connectivity index (χ1v) is 11.7. The van der Waals surface area contributed by atoms with Gasteiger partial charge in [-0.2, -0.15) is 13.2 Å². The lowest BCUT2D eigenvalue weighted by Crippen LogP contribution is -2.55. The molecular formula is C19H33F3N2O5S. The van der Waals surface area contributed by atoms with Crippen LogP contribution in [-0.2, 0) is 19.4 Å². The van der Waals surface area contributed by atoms with E-state index >= 15 is 0 Å². The monoisotopic (exact) mass is 458 g/mol. The molecule has 11 heteroatoms. The van der Waals surface area contributed by atoms with E-state index in [-0.39, 0.29) is 23.0 Å². The van der Waals surface area contributed by atoms with Gasteiger partial charge in [0.05, 0.1) is 11.0 Å². The van der Waals surface area contributed by atoms with Crippen molar-refractivity contribution in [2.45, 2.75) is 64.9 Å². The maximum absolute atomic E-state index is 12.6. The molecule has 2 atom stereocenters. The molecule has 30 heavy (non-hydrogen) atoms. The normalized spacial score (nSPS) is 25.0. The second kappa shape index (κ2) is 9.84. The van der Waals surface area contributed by atoms with Crippen molar-refractivity contribution in [1.82, 2.24) is 9.80 Å². The SMILES string of the molecule is CC(C)CN1CCS(=O)(=O)[C@@H]2CCN(C(=O)C(C)(C)C)CC[C@@H]21.O=C(O)C(F)(F)F. The van der Waals surface area contributed by atoms with Crippen LogP contribution < -0.4 is 0 Å². The third-order valence-electron chi connectivity index (χ3n) is 5.17. The van der Waals surface area contributed by atoms with Crippen molar-refractivity contribution >= 4 is 21.7 Å². The highest BCUT2D eigenvalue weighted by molar-refractivity contribution is 7.92. The summed E-state index contributed by atoms with van der Waals surface area (Å²) in [6.07, 6.45) is -3.75. The van der Waals surface area contributed by atoms with Crippen LogP contribution in [0.1, 0.15) is 47.5 Å². The van der Waals surface area contributed by atoms with Gasteiger partial charge in [-0.05, 0) is 18.8 Å². The number of rotatable bonds is 2. The Kier molecular flexibility index (Phi) is 8.75. The molecule has 2 aliphatic rings. The molecule has 1 N–H and O–H groups in total. The molecule has 2 rings (SSSR count). The van der Waals surface area contributed by atoms with Gasteiger partial charge in [0.15, 0.2) is 9.84 Å². The first-order valence-electron chi connectivity index (χ1n) is 10.0. The number of carboxylic acid groups (broad SMARTS) is 1. The van der Waals surface area contributed by atoms with Gasteiger partial charge in [-0.15, -0.1) is 0 Å². The van der Waals surface area contributed by atoms with Gasteiger partial charge in [-0.1, -0.05) is 34.6 Å². The molecule has 1 amide bonds. The second-order valence-corrected chi connectivity index (χ2v) is 11.6. The van der Waals surface area contributed by atoms with Crippen LogP contribution in [0.4, 0.5) is 13.2 Å². The standard InChI is InChI=1S/C17H32N2O3S.C2HF3O2/c1-13(2)12-19-10-11-23(21,22)15-7-9-18(8-6-14(15)19)16(20)17(3,4)5;3-2(4,5)1(6)7/h13-15H,6-12H2,1-5H3;(H,6,7)/t14-,15+;/m0./s1. The van der Waals surface area contributed by atoms with E-state index in [4.69, 9.17) is 9.90 Å². The molecule has 0 bridgehead atoms. The Balaban J connectivity index is 0.000000553. The molecule has 7 nitrogen and oxygen atoms in total. The van der Waals surface area contributed by atoms with Gasteiger partial charge in [0.2, 0.25) is 5.91 Å². The average molecular weight is 459 g/mol. The Bertz CT molecular complexity index is 717. The highest BCUT2D eigenvalue weighted by Gasteiger charge is 2.44. The fourth-order valence-electron chi connectivity index (χ4n) is 3.83. The molecular weight excluding hydrogens is 425 g/mol. The number of hydrogen-bond acceptors (Lipinski definition) is 5. The topological polar surface area (TPSA) is 95.0 Å². The molecule has 176 valence electrons. The predicted molar refractivity (Wildman–Crippen MR) is 107 cm³/mol. The summed E-state index contributed by atoms with van der Waals surface area (Å²) in [6, 6.07) is 0.0638. The van der Waals surface area contributed by atoms with Gasteiger partial charge in [0.1, 0.15) is 0 Å². The maximum Gasteiger partial charge on any atom is 0.490 e. The number of aliphatic carboxylic acids is 1. The lowest BCUT2D eigenvalue weighted by atomic mass is 9.94. The molecule has 0 saturated carbocycles. The molecule has 2 heterocycles. The summed E-state index contributed by atoms with van der Waals surface area (Å²) in [4.78, 5) is 25.7. The first-order chi connectivity index (χ1) is 13.5. The number of carbonyl (C=O) groups excluding carboxylic acids is 1. The zero-order chi connectivity index (χ0) is 23.5. The van der Waals surface area contributed by atoms with E-state index in [1.165, 1.54) is 0 Å². The first kappa shape index (κ1) is 26.7. The predicted octanol–water partition coefficient (Wildman–Crippen LogP) is 2.41. The van der Waals surface area contributed by atoms with Gasteiger partial charge < -0.3 is 10.0 Å². The minimum absolute atomic E-state index is 0.0638. The Morgan fingerprint density at radius 2 is 1.57 bits per heavy atom. The molecule has 0 radical (unpaired) electrons. The number of carbonyl (C=O) groups is 2. The van der Waals surface area contributed by atoms with Gasteiger partial charge in [-0.25, -0.2) is 13.2 Å². The number of alkyl halides is 3. The molecule has 2 aliphatic heterocycles. The quantitative estimate of drug-likeness (QED) is 0.683. The molecule has 2 fully saturated rings. The molecule has 0 spiro atoms. The fourth-order valence-corrected chi connectivity index (χ4v) is 5.88. The van der Waals surface area contributed by atoms with Crippen molar-refractivity contribution in [3.05, 3.63) is 0 Å². The Labute approximate surface area is 176 Å². The van der Waals surface area contributed by atoms with Crippen LogP contribution in [0.5, 0.6) is 0 Å². The fraction of sp³-hybridized carbons (Fsp3) is 0.895. The lowest BCUT2D eigenvalue weighted by molar-refractivity contribution is -0.192. The van der Waals surface area contributed by atoms with Crippen molar-refractivity contribution < 1.29 is 36.3 Å². The number of amides is 1. The van der Waals surface area contributed by atoms with Crippen molar-refractivity contribution in [2.24, 2.45) is 11.3 Å². The molecule has 0 aromatic carbocycles. The van der Waals surface area contributed by atoms with Crippen LogP contribution in [0.2, 0.25) is 0 Å². The summed E-state index contributed by atoms with van der Waals surface area (Å²) < 4.78 is 56.8. The number of likely N-dealkylation sites (tertiary alicyclic amines) is 1. The van der Waals surface area contributed by atoms with E-state index in [0.717, 1.165) is 13.0 Å². The Hall–Kier alpha value is -1.36. The number of nitrogens with zero attached hydrogens (tertiary/aromatic N) is 2. The maximum atomic E-state index is 12.6. The zero-order valence-corrected chi connectivity index (χ0v) is 19.0. The minimum atomic E-state index is -5.08. The Morgan fingerprint density at radius 1 is 1.07 bits per heavy atom. The molecule has 2 saturated heterocycles. The van der Waals surface area contributed by atoms with E-state index in [1.807, 2.05) is 25.7 Å². The Morgan fingerprint density at radius 3 is 2.00 bits per heavy atom. The molecule has 0 aromatic rings. The average Bonchev–Trinajstić information content (AvgIpc) is 2.79. The zero-order valence-electron chi connectivity index (χ0n) is 18.2. The largest absolute Gasteiger partial charge is 0.490 e. The number of carboxylic acids is 1. The van der Waals surface area contributed by atoms with E-state index in [2.05, 4.69) is 18.7 Å². The molecule has 0 aliphatic carbocycles. The van der Waals surface area contributed by atoms with Crippen LogP contribution in [0.15, 0.2) is 0 Å². The number of sulfone groups is 1. The highest BCUT2D eigenvalue weighted by atomic mass is 32.2. The van der Waals surface area contributed by atoms with E-state index in [1.54, 1.807) is 0 Å². The number of halogens is 3. The molecule has 0 aromatic heterocycles. The second-order valence-electron chi connectivity index (χ2n) is 9.28.